The second-order valence-electron chi connectivity index (χ2n) is 2.47. The maximum Gasteiger partial charge on any atom is 0.0745 e. The SMILES string of the molecule is COCc1c(N)ccc(N)c1Br. The first kappa shape index (κ1) is 9.35. The first-order chi connectivity index (χ1) is 5.66. The summed E-state index contributed by atoms with van der Waals surface area (Å²) < 4.78 is 5.80. The fourth-order valence-corrected chi connectivity index (χ4v) is 1.42. The smallest absolute Gasteiger partial charge is 0.0745 e. The van der Waals surface area contributed by atoms with Gasteiger partial charge in [-0.05, 0) is 28.1 Å². The van der Waals surface area contributed by atoms with Gasteiger partial charge in [0, 0.05) is 28.5 Å². The molecule has 66 valence electrons. The Labute approximate surface area is 79.8 Å². The standard InChI is InChI=1S/C8H11BrN2O/c1-12-4-5-6(10)2-3-7(11)8(5)9/h2-3H,4,10-11H2,1H3. The molecule has 0 aliphatic rings. The molecule has 0 aliphatic carbocycles. The number of benzene rings is 1. The van der Waals surface area contributed by atoms with Crippen molar-refractivity contribution >= 4 is 27.3 Å². The first-order valence-electron chi connectivity index (χ1n) is 3.48. The predicted molar refractivity (Wildman–Crippen MR) is 53.7 cm³/mol. The van der Waals surface area contributed by atoms with Crippen LogP contribution in [0.5, 0.6) is 0 Å². The summed E-state index contributed by atoms with van der Waals surface area (Å²) in [5.74, 6) is 0. The van der Waals surface area contributed by atoms with Crippen LogP contribution in [0.2, 0.25) is 0 Å². The highest BCUT2D eigenvalue weighted by Gasteiger charge is 2.06. The summed E-state index contributed by atoms with van der Waals surface area (Å²) in [5.41, 5.74) is 13.6. The van der Waals surface area contributed by atoms with Crippen LogP contribution in [-0.2, 0) is 11.3 Å². The zero-order valence-corrected chi connectivity index (χ0v) is 8.39. The van der Waals surface area contributed by atoms with Crippen molar-refractivity contribution in [3.63, 3.8) is 0 Å². The van der Waals surface area contributed by atoms with Gasteiger partial charge in [-0.1, -0.05) is 0 Å². The van der Waals surface area contributed by atoms with Crippen LogP contribution in [0.1, 0.15) is 5.56 Å². The van der Waals surface area contributed by atoms with Crippen LogP contribution in [0, 0.1) is 0 Å². The van der Waals surface area contributed by atoms with Crippen LogP contribution < -0.4 is 11.5 Å². The third kappa shape index (κ3) is 1.70. The number of methoxy groups -OCH3 is 1. The van der Waals surface area contributed by atoms with Crippen molar-refractivity contribution in [3.8, 4) is 0 Å². The lowest BCUT2D eigenvalue weighted by molar-refractivity contribution is 0.185. The highest BCUT2D eigenvalue weighted by Crippen LogP contribution is 2.28. The largest absolute Gasteiger partial charge is 0.398 e. The van der Waals surface area contributed by atoms with Gasteiger partial charge in [-0.25, -0.2) is 0 Å². The topological polar surface area (TPSA) is 61.3 Å². The van der Waals surface area contributed by atoms with Gasteiger partial charge >= 0.3 is 0 Å². The first-order valence-corrected chi connectivity index (χ1v) is 4.27. The molecule has 1 aromatic rings. The van der Waals surface area contributed by atoms with Crippen molar-refractivity contribution in [2.75, 3.05) is 18.6 Å². The number of rotatable bonds is 2. The molecule has 0 spiro atoms. The minimum atomic E-state index is 0.470. The molecular formula is C8H11BrN2O. The third-order valence-corrected chi connectivity index (χ3v) is 2.53. The summed E-state index contributed by atoms with van der Waals surface area (Å²) in [5, 5.41) is 0. The lowest BCUT2D eigenvalue weighted by Gasteiger charge is -2.08. The maximum absolute atomic E-state index is 5.71. The van der Waals surface area contributed by atoms with Crippen molar-refractivity contribution in [3.05, 3.63) is 22.2 Å². The predicted octanol–water partition coefficient (Wildman–Crippen LogP) is 1.76. The van der Waals surface area contributed by atoms with Crippen LogP contribution in [-0.4, -0.2) is 7.11 Å². The monoisotopic (exact) mass is 230 g/mol. The van der Waals surface area contributed by atoms with Gasteiger partial charge in [0.05, 0.1) is 6.61 Å². The normalized spacial score (nSPS) is 10.2. The fourth-order valence-electron chi connectivity index (χ4n) is 0.945. The summed E-state index contributed by atoms with van der Waals surface area (Å²) in [7, 11) is 1.62. The van der Waals surface area contributed by atoms with E-state index in [4.69, 9.17) is 16.2 Å². The van der Waals surface area contributed by atoms with E-state index in [1.165, 1.54) is 0 Å². The van der Waals surface area contributed by atoms with E-state index in [1.807, 2.05) is 0 Å². The van der Waals surface area contributed by atoms with Crippen molar-refractivity contribution in [1.82, 2.24) is 0 Å². The Kier molecular flexibility index (Phi) is 2.94. The second-order valence-corrected chi connectivity index (χ2v) is 3.26. The molecule has 0 radical (unpaired) electrons. The van der Waals surface area contributed by atoms with E-state index in [-0.39, 0.29) is 0 Å². The van der Waals surface area contributed by atoms with Gasteiger partial charge in [0.15, 0.2) is 0 Å². The van der Waals surface area contributed by atoms with Crippen molar-refractivity contribution in [2.45, 2.75) is 6.61 Å². The second kappa shape index (κ2) is 3.78. The summed E-state index contributed by atoms with van der Waals surface area (Å²) in [6.07, 6.45) is 0. The lowest BCUT2D eigenvalue weighted by Crippen LogP contribution is -1.99. The average molecular weight is 231 g/mol. The van der Waals surface area contributed by atoms with E-state index >= 15 is 0 Å². The Hall–Kier alpha value is -0.740. The molecule has 4 N–H and O–H groups in total. The van der Waals surface area contributed by atoms with Gasteiger partial charge < -0.3 is 16.2 Å². The third-order valence-electron chi connectivity index (χ3n) is 1.60. The Morgan fingerprint density at radius 2 is 1.92 bits per heavy atom. The van der Waals surface area contributed by atoms with Crippen LogP contribution in [0.3, 0.4) is 0 Å². The molecule has 0 bridgehead atoms. The summed E-state index contributed by atoms with van der Waals surface area (Å²) in [4.78, 5) is 0. The number of nitrogens with two attached hydrogens (primary N) is 2. The Balaban J connectivity index is 3.14. The molecule has 0 saturated heterocycles. The minimum absolute atomic E-state index is 0.470. The molecule has 12 heavy (non-hydrogen) atoms. The Morgan fingerprint density at radius 1 is 1.33 bits per heavy atom. The minimum Gasteiger partial charge on any atom is -0.398 e. The van der Waals surface area contributed by atoms with E-state index in [0.29, 0.717) is 18.0 Å². The highest BCUT2D eigenvalue weighted by atomic mass is 79.9. The zero-order chi connectivity index (χ0) is 9.14. The zero-order valence-electron chi connectivity index (χ0n) is 6.80. The number of hydrogen-bond donors (Lipinski definition) is 2. The van der Waals surface area contributed by atoms with Gasteiger partial charge in [0.2, 0.25) is 0 Å². The van der Waals surface area contributed by atoms with Crippen LogP contribution >= 0.6 is 15.9 Å². The number of ether oxygens (including phenoxy) is 1. The van der Waals surface area contributed by atoms with E-state index in [9.17, 15) is 0 Å². The molecule has 0 unspecified atom stereocenters. The number of nitrogen functional groups attached to an aromatic ring is 2. The molecule has 0 aromatic heterocycles. The molecule has 0 atom stereocenters. The fraction of sp³-hybridized carbons (Fsp3) is 0.250. The van der Waals surface area contributed by atoms with Crippen LogP contribution in [0.4, 0.5) is 11.4 Å². The Morgan fingerprint density at radius 3 is 2.50 bits per heavy atom. The van der Waals surface area contributed by atoms with E-state index in [0.717, 1.165) is 10.0 Å². The summed E-state index contributed by atoms with van der Waals surface area (Å²) >= 11 is 3.35. The van der Waals surface area contributed by atoms with Gasteiger partial charge in [-0.2, -0.15) is 0 Å². The summed E-state index contributed by atoms with van der Waals surface area (Å²) in [6, 6.07) is 3.53. The highest BCUT2D eigenvalue weighted by molar-refractivity contribution is 9.10. The van der Waals surface area contributed by atoms with Gasteiger partial charge in [-0.15, -0.1) is 0 Å². The maximum atomic E-state index is 5.71. The van der Waals surface area contributed by atoms with Crippen molar-refractivity contribution in [2.24, 2.45) is 0 Å². The van der Waals surface area contributed by atoms with Crippen molar-refractivity contribution in [1.29, 1.82) is 0 Å². The van der Waals surface area contributed by atoms with E-state index < -0.39 is 0 Å². The molecule has 0 amide bonds. The lowest BCUT2D eigenvalue weighted by atomic mass is 10.2. The molecule has 3 nitrogen and oxygen atoms in total. The number of anilines is 2. The van der Waals surface area contributed by atoms with Gasteiger partial charge in [0.1, 0.15) is 0 Å². The molecule has 0 fully saturated rings. The van der Waals surface area contributed by atoms with E-state index in [2.05, 4.69) is 15.9 Å². The molecule has 1 rings (SSSR count). The van der Waals surface area contributed by atoms with E-state index in [1.54, 1.807) is 19.2 Å². The average Bonchev–Trinajstić information content (AvgIpc) is 2.06. The number of hydrogen-bond acceptors (Lipinski definition) is 3. The molecule has 4 heteroatoms. The molecule has 1 aromatic carbocycles. The molecule has 0 aliphatic heterocycles. The quantitative estimate of drug-likeness (QED) is 0.762. The molecule has 0 saturated carbocycles. The molecular weight excluding hydrogens is 220 g/mol. The van der Waals surface area contributed by atoms with Gasteiger partial charge in [0.25, 0.3) is 0 Å². The van der Waals surface area contributed by atoms with Crippen LogP contribution in [0.15, 0.2) is 16.6 Å². The number of halogens is 1. The van der Waals surface area contributed by atoms with Crippen molar-refractivity contribution < 1.29 is 4.74 Å². The van der Waals surface area contributed by atoms with Gasteiger partial charge in [-0.3, -0.25) is 0 Å². The molecule has 0 heterocycles. The Bertz CT molecular complexity index is 289. The van der Waals surface area contributed by atoms with Crippen LogP contribution in [0.25, 0.3) is 0 Å². The summed E-state index contributed by atoms with van der Waals surface area (Å²) in [6.45, 7) is 0.470.